The first-order valence-corrected chi connectivity index (χ1v) is 8.38. The molecule has 0 aliphatic carbocycles. The lowest BCUT2D eigenvalue weighted by atomic mass is 9.90. The molecule has 2 unspecified atom stereocenters. The summed E-state index contributed by atoms with van der Waals surface area (Å²) in [5, 5.41) is 12.6. The second-order valence-corrected chi connectivity index (χ2v) is 6.18. The minimum Gasteiger partial charge on any atom is -0.396 e. The lowest BCUT2D eigenvalue weighted by Gasteiger charge is -2.38. The van der Waals surface area contributed by atoms with Gasteiger partial charge in [0.05, 0.1) is 0 Å². The number of carbonyl (C=O) groups is 1. The van der Waals surface area contributed by atoms with E-state index in [2.05, 4.69) is 29.6 Å². The first-order valence-electron chi connectivity index (χ1n) is 8.38. The Labute approximate surface area is 133 Å². The molecule has 4 nitrogen and oxygen atoms in total. The van der Waals surface area contributed by atoms with Gasteiger partial charge in [-0.15, -0.1) is 0 Å². The van der Waals surface area contributed by atoms with Gasteiger partial charge >= 0.3 is 0 Å². The Balaban J connectivity index is 1.91. The second-order valence-electron chi connectivity index (χ2n) is 6.18. The van der Waals surface area contributed by atoms with Gasteiger partial charge < -0.3 is 15.3 Å². The number of hydrogen-bond donors (Lipinski definition) is 2. The van der Waals surface area contributed by atoms with Crippen LogP contribution in [-0.2, 0) is 11.3 Å². The molecule has 1 aromatic rings. The van der Waals surface area contributed by atoms with Crippen LogP contribution in [0.15, 0.2) is 30.3 Å². The standard InChI is InChI=1S/C18H28N2O2/c1-2-18(22)20-13-16(9-6-10-21)11-17(14-20)19-12-15-7-4-3-5-8-15/h3-5,7-8,16-17,19,21H,2,6,9-14H2,1H3. The molecule has 4 heteroatoms. The van der Waals surface area contributed by atoms with Gasteiger partial charge in [-0.05, 0) is 30.7 Å². The highest BCUT2D eigenvalue weighted by Gasteiger charge is 2.28. The van der Waals surface area contributed by atoms with Gasteiger partial charge in [-0.2, -0.15) is 0 Å². The van der Waals surface area contributed by atoms with Crippen molar-refractivity contribution in [3.05, 3.63) is 35.9 Å². The zero-order valence-corrected chi connectivity index (χ0v) is 13.5. The van der Waals surface area contributed by atoms with Crippen molar-refractivity contribution in [1.29, 1.82) is 0 Å². The summed E-state index contributed by atoms with van der Waals surface area (Å²) in [7, 11) is 0. The number of nitrogens with one attached hydrogen (secondary N) is 1. The third-order valence-corrected chi connectivity index (χ3v) is 4.40. The first-order chi connectivity index (χ1) is 10.7. The third kappa shape index (κ3) is 5.11. The molecule has 1 saturated heterocycles. The molecule has 1 aliphatic rings. The van der Waals surface area contributed by atoms with E-state index in [-0.39, 0.29) is 12.5 Å². The highest BCUT2D eigenvalue weighted by Crippen LogP contribution is 2.22. The maximum atomic E-state index is 12.1. The van der Waals surface area contributed by atoms with Crippen molar-refractivity contribution in [3.8, 4) is 0 Å². The van der Waals surface area contributed by atoms with Gasteiger partial charge in [0, 0.05) is 38.7 Å². The van der Waals surface area contributed by atoms with Crippen molar-refractivity contribution >= 4 is 5.91 Å². The second kappa shape index (κ2) is 8.91. The van der Waals surface area contributed by atoms with Crippen molar-refractivity contribution in [3.63, 3.8) is 0 Å². The Hall–Kier alpha value is -1.39. The Kier molecular flexibility index (Phi) is 6.87. The fourth-order valence-electron chi connectivity index (χ4n) is 3.23. The van der Waals surface area contributed by atoms with Crippen molar-refractivity contribution in [2.45, 2.75) is 45.2 Å². The maximum Gasteiger partial charge on any atom is 0.222 e. The molecule has 1 heterocycles. The Morgan fingerprint density at radius 1 is 1.32 bits per heavy atom. The topological polar surface area (TPSA) is 52.6 Å². The molecule has 122 valence electrons. The molecule has 2 N–H and O–H groups in total. The van der Waals surface area contributed by atoms with Crippen molar-refractivity contribution < 1.29 is 9.90 Å². The van der Waals surface area contributed by atoms with Gasteiger partial charge in [0.2, 0.25) is 5.91 Å². The third-order valence-electron chi connectivity index (χ3n) is 4.40. The molecule has 22 heavy (non-hydrogen) atoms. The first kappa shape index (κ1) is 17.0. The Bertz CT molecular complexity index is 450. The smallest absolute Gasteiger partial charge is 0.222 e. The van der Waals surface area contributed by atoms with Gasteiger partial charge in [0.15, 0.2) is 0 Å². The molecule has 1 aromatic carbocycles. The summed E-state index contributed by atoms with van der Waals surface area (Å²) in [5.41, 5.74) is 1.27. The van der Waals surface area contributed by atoms with Gasteiger partial charge in [-0.25, -0.2) is 0 Å². The number of carbonyl (C=O) groups excluding carboxylic acids is 1. The van der Waals surface area contributed by atoms with Crippen LogP contribution in [0.25, 0.3) is 0 Å². The van der Waals surface area contributed by atoms with Crippen LogP contribution in [0.3, 0.4) is 0 Å². The number of piperidine rings is 1. The van der Waals surface area contributed by atoms with Crippen molar-refractivity contribution in [2.75, 3.05) is 19.7 Å². The zero-order chi connectivity index (χ0) is 15.8. The highest BCUT2D eigenvalue weighted by atomic mass is 16.2. The molecular formula is C18H28N2O2. The van der Waals surface area contributed by atoms with Crippen LogP contribution in [0.2, 0.25) is 0 Å². The number of rotatable bonds is 7. The SMILES string of the molecule is CCC(=O)N1CC(CCCO)CC(NCc2ccccc2)C1. The molecule has 1 aliphatic heterocycles. The molecule has 1 amide bonds. The monoisotopic (exact) mass is 304 g/mol. The minimum absolute atomic E-state index is 0.236. The van der Waals surface area contributed by atoms with E-state index in [1.807, 2.05) is 17.9 Å². The fraction of sp³-hybridized carbons (Fsp3) is 0.611. The molecule has 2 atom stereocenters. The van der Waals surface area contributed by atoms with E-state index in [0.29, 0.717) is 18.4 Å². The van der Waals surface area contributed by atoms with Crippen LogP contribution in [0.1, 0.15) is 38.2 Å². The van der Waals surface area contributed by atoms with Gasteiger partial charge in [-0.3, -0.25) is 4.79 Å². The minimum atomic E-state index is 0.236. The van der Waals surface area contributed by atoms with Crippen LogP contribution in [-0.4, -0.2) is 41.7 Å². The van der Waals surface area contributed by atoms with Crippen LogP contribution >= 0.6 is 0 Å². The number of benzene rings is 1. The number of hydrogen-bond acceptors (Lipinski definition) is 3. The molecule has 0 spiro atoms. The number of aliphatic hydroxyl groups excluding tert-OH is 1. The van der Waals surface area contributed by atoms with E-state index in [1.54, 1.807) is 0 Å². The predicted molar refractivity (Wildman–Crippen MR) is 88.4 cm³/mol. The van der Waals surface area contributed by atoms with Crippen molar-refractivity contribution in [2.24, 2.45) is 5.92 Å². The largest absolute Gasteiger partial charge is 0.396 e. The van der Waals surface area contributed by atoms with E-state index < -0.39 is 0 Å². The van der Waals surface area contributed by atoms with E-state index in [4.69, 9.17) is 5.11 Å². The molecule has 0 saturated carbocycles. The molecule has 0 aromatic heterocycles. The van der Waals surface area contributed by atoms with E-state index in [9.17, 15) is 4.79 Å². The summed E-state index contributed by atoms with van der Waals surface area (Å²) in [5.74, 6) is 0.727. The lowest BCUT2D eigenvalue weighted by Crippen LogP contribution is -2.51. The summed E-state index contributed by atoms with van der Waals surface area (Å²) in [6.07, 6.45) is 3.47. The molecule has 2 rings (SSSR count). The molecule has 1 fully saturated rings. The predicted octanol–water partition coefficient (Wildman–Crippen LogP) is 2.18. The van der Waals surface area contributed by atoms with Gasteiger partial charge in [-0.1, -0.05) is 37.3 Å². The zero-order valence-electron chi connectivity index (χ0n) is 13.5. The van der Waals surface area contributed by atoms with E-state index in [1.165, 1.54) is 5.56 Å². The average Bonchev–Trinajstić information content (AvgIpc) is 2.58. The summed E-state index contributed by atoms with van der Waals surface area (Å²) in [6.45, 7) is 4.64. The van der Waals surface area contributed by atoms with Crippen LogP contribution in [0.5, 0.6) is 0 Å². The quantitative estimate of drug-likeness (QED) is 0.812. The van der Waals surface area contributed by atoms with E-state index >= 15 is 0 Å². The number of aliphatic hydroxyl groups is 1. The maximum absolute atomic E-state index is 12.1. The fourth-order valence-corrected chi connectivity index (χ4v) is 3.23. The molecule has 0 radical (unpaired) electrons. The van der Waals surface area contributed by atoms with Gasteiger partial charge in [0.25, 0.3) is 0 Å². The van der Waals surface area contributed by atoms with Crippen LogP contribution in [0, 0.1) is 5.92 Å². The summed E-state index contributed by atoms with van der Waals surface area (Å²) < 4.78 is 0. The Morgan fingerprint density at radius 2 is 2.09 bits per heavy atom. The summed E-state index contributed by atoms with van der Waals surface area (Å²) in [6, 6.07) is 10.7. The average molecular weight is 304 g/mol. The Morgan fingerprint density at radius 3 is 2.77 bits per heavy atom. The summed E-state index contributed by atoms with van der Waals surface area (Å²) >= 11 is 0. The van der Waals surface area contributed by atoms with E-state index in [0.717, 1.165) is 38.9 Å². The number of nitrogens with zero attached hydrogens (tertiary/aromatic N) is 1. The van der Waals surface area contributed by atoms with Crippen LogP contribution < -0.4 is 5.32 Å². The number of likely N-dealkylation sites (tertiary alicyclic amines) is 1. The van der Waals surface area contributed by atoms with Crippen molar-refractivity contribution in [1.82, 2.24) is 10.2 Å². The van der Waals surface area contributed by atoms with Gasteiger partial charge in [0.1, 0.15) is 0 Å². The molecular weight excluding hydrogens is 276 g/mol. The molecule has 0 bridgehead atoms. The summed E-state index contributed by atoms with van der Waals surface area (Å²) in [4.78, 5) is 14.0. The lowest BCUT2D eigenvalue weighted by molar-refractivity contribution is -0.133. The normalized spacial score (nSPS) is 21.8. The highest BCUT2D eigenvalue weighted by molar-refractivity contribution is 5.76. The number of amides is 1. The van der Waals surface area contributed by atoms with Crippen LogP contribution in [0.4, 0.5) is 0 Å².